The summed E-state index contributed by atoms with van der Waals surface area (Å²) in [6.45, 7) is 6.23. The van der Waals surface area contributed by atoms with Crippen LogP contribution in [0.5, 0.6) is 0 Å². The van der Waals surface area contributed by atoms with E-state index in [1.165, 1.54) is 19.6 Å². The minimum atomic E-state index is -0.414. The Morgan fingerprint density at radius 3 is 2.53 bits per heavy atom. The number of esters is 2. The molecule has 166 valence electrons. The maximum Gasteiger partial charge on any atom is 0.313 e. The van der Waals surface area contributed by atoms with Gasteiger partial charge in [0.1, 0.15) is 18.3 Å². The standard InChI is InChI=1S/C25H36O5/c1-15(26)30-17-9-11-24(2)16(13-17)5-6-18-19-7-8-21(22(27)14-23(28)29-4)25(19,3)12-10-20(18)24/h5,17-21H,6-14H2,1-4H3/t17-,18-,19-,20-,21+,24-,25-/m0/s1. The predicted molar refractivity (Wildman–Crippen MR) is 112 cm³/mol. The first kappa shape index (κ1) is 21.6. The normalized spacial score (nSPS) is 42.3. The number of carbonyl (C=O) groups excluding carboxylic acids is 3. The number of fused-ring (bicyclic) bond motifs is 5. The van der Waals surface area contributed by atoms with Crippen molar-refractivity contribution < 1.29 is 23.9 Å². The molecule has 3 fully saturated rings. The molecule has 0 aromatic carbocycles. The van der Waals surface area contributed by atoms with Gasteiger partial charge < -0.3 is 9.47 Å². The molecule has 0 heterocycles. The van der Waals surface area contributed by atoms with Gasteiger partial charge in [0, 0.05) is 19.3 Å². The summed E-state index contributed by atoms with van der Waals surface area (Å²) in [5.74, 6) is 1.26. The third-order valence-electron chi connectivity index (χ3n) is 9.33. The lowest BCUT2D eigenvalue weighted by atomic mass is 9.47. The van der Waals surface area contributed by atoms with Crippen LogP contribution in [0.2, 0.25) is 0 Å². The van der Waals surface area contributed by atoms with Gasteiger partial charge in [-0.2, -0.15) is 0 Å². The summed E-state index contributed by atoms with van der Waals surface area (Å²) in [4.78, 5) is 36.0. The highest BCUT2D eigenvalue weighted by atomic mass is 16.5. The number of rotatable bonds is 4. The zero-order valence-electron chi connectivity index (χ0n) is 18.9. The van der Waals surface area contributed by atoms with Gasteiger partial charge in [-0.15, -0.1) is 0 Å². The Morgan fingerprint density at radius 1 is 1.07 bits per heavy atom. The summed E-state index contributed by atoms with van der Waals surface area (Å²) in [6, 6.07) is 0. The van der Waals surface area contributed by atoms with E-state index in [9.17, 15) is 14.4 Å². The molecule has 0 N–H and O–H groups in total. The van der Waals surface area contributed by atoms with Crippen LogP contribution in [-0.4, -0.2) is 30.9 Å². The highest BCUT2D eigenvalue weighted by Gasteiger charge is 2.59. The Kier molecular flexibility index (Phi) is 5.61. The van der Waals surface area contributed by atoms with E-state index in [4.69, 9.17) is 9.47 Å². The van der Waals surface area contributed by atoms with E-state index in [0.717, 1.165) is 51.4 Å². The molecule has 0 spiro atoms. The van der Waals surface area contributed by atoms with E-state index in [-0.39, 0.29) is 41.0 Å². The largest absolute Gasteiger partial charge is 0.469 e. The lowest BCUT2D eigenvalue weighted by molar-refractivity contribution is -0.150. The van der Waals surface area contributed by atoms with Crippen molar-refractivity contribution in [3.8, 4) is 0 Å². The van der Waals surface area contributed by atoms with Crippen molar-refractivity contribution >= 4 is 17.7 Å². The monoisotopic (exact) mass is 416 g/mol. The maximum atomic E-state index is 12.9. The van der Waals surface area contributed by atoms with Crippen LogP contribution < -0.4 is 0 Å². The van der Waals surface area contributed by atoms with E-state index < -0.39 is 5.97 Å². The molecule has 0 saturated heterocycles. The minimum Gasteiger partial charge on any atom is -0.469 e. The van der Waals surface area contributed by atoms with E-state index in [1.54, 1.807) is 0 Å². The Bertz CT molecular complexity index is 770. The van der Waals surface area contributed by atoms with E-state index in [2.05, 4.69) is 19.9 Å². The number of allylic oxidation sites excluding steroid dienone is 1. The molecule has 0 bridgehead atoms. The second-order valence-electron chi connectivity index (χ2n) is 10.6. The van der Waals surface area contributed by atoms with Crippen molar-refractivity contribution in [2.75, 3.05) is 7.11 Å². The summed E-state index contributed by atoms with van der Waals surface area (Å²) in [5, 5.41) is 0. The van der Waals surface area contributed by atoms with Gasteiger partial charge >= 0.3 is 11.9 Å². The van der Waals surface area contributed by atoms with Crippen LogP contribution in [-0.2, 0) is 23.9 Å². The van der Waals surface area contributed by atoms with E-state index in [0.29, 0.717) is 17.8 Å². The fourth-order valence-corrected chi connectivity index (χ4v) is 7.83. The quantitative estimate of drug-likeness (QED) is 0.380. The van der Waals surface area contributed by atoms with Gasteiger partial charge in [-0.25, -0.2) is 0 Å². The lowest BCUT2D eigenvalue weighted by Crippen LogP contribution is -2.51. The smallest absolute Gasteiger partial charge is 0.313 e. The Labute approximate surface area is 179 Å². The van der Waals surface area contributed by atoms with Gasteiger partial charge in [0.2, 0.25) is 0 Å². The van der Waals surface area contributed by atoms with Crippen molar-refractivity contribution in [1.82, 2.24) is 0 Å². The molecule has 5 heteroatoms. The molecule has 4 rings (SSSR count). The topological polar surface area (TPSA) is 69.7 Å². The highest BCUT2D eigenvalue weighted by molar-refractivity contribution is 5.97. The molecule has 0 aromatic rings. The third-order valence-corrected chi connectivity index (χ3v) is 9.33. The summed E-state index contributed by atoms with van der Waals surface area (Å²) in [7, 11) is 1.35. The fourth-order valence-electron chi connectivity index (χ4n) is 7.83. The number of methoxy groups -OCH3 is 1. The van der Waals surface area contributed by atoms with Crippen LogP contribution in [0.1, 0.15) is 78.6 Å². The Hall–Kier alpha value is -1.65. The molecular weight excluding hydrogens is 380 g/mol. The van der Waals surface area contributed by atoms with Crippen molar-refractivity contribution in [2.24, 2.45) is 34.5 Å². The van der Waals surface area contributed by atoms with E-state index in [1.807, 2.05) is 0 Å². The molecule has 0 amide bonds. The predicted octanol–water partition coefficient (Wildman–Crippen LogP) is 4.63. The number of Topliss-reactive ketones (excluding diaryl/α,β-unsaturated/α-hetero) is 1. The summed E-state index contributed by atoms with van der Waals surface area (Å²) < 4.78 is 10.3. The number of carbonyl (C=O) groups is 3. The van der Waals surface area contributed by atoms with Crippen molar-refractivity contribution in [1.29, 1.82) is 0 Å². The molecule has 0 unspecified atom stereocenters. The Morgan fingerprint density at radius 2 is 1.83 bits per heavy atom. The van der Waals surface area contributed by atoms with Gasteiger partial charge in [-0.1, -0.05) is 25.5 Å². The first-order chi connectivity index (χ1) is 14.2. The van der Waals surface area contributed by atoms with Gasteiger partial charge in [0.15, 0.2) is 0 Å². The zero-order valence-corrected chi connectivity index (χ0v) is 18.9. The summed E-state index contributed by atoms with van der Waals surface area (Å²) >= 11 is 0. The molecule has 4 aliphatic carbocycles. The van der Waals surface area contributed by atoms with Crippen LogP contribution in [0.15, 0.2) is 11.6 Å². The molecular formula is C25H36O5. The second-order valence-corrected chi connectivity index (χ2v) is 10.6. The van der Waals surface area contributed by atoms with Gasteiger partial charge in [0.05, 0.1) is 7.11 Å². The third kappa shape index (κ3) is 3.42. The molecule has 3 saturated carbocycles. The van der Waals surface area contributed by atoms with Gasteiger partial charge in [-0.05, 0) is 73.5 Å². The number of ketones is 1. The van der Waals surface area contributed by atoms with Crippen molar-refractivity contribution in [3.05, 3.63) is 11.6 Å². The highest BCUT2D eigenvalue weighted by Crippen LogP contribution is 2.66. The van der Waals surface area contributed by atoms with Crippen LogP contribution >= 0.6 is 0 Å². The minimum absolute atomic E-state index is 0.00289. The molecule has 5 nitrogen and oxygen atoms in total. The van der Waals surface area contributed by atoms with Crippen LogP contribution in [0.25, 0.3) is 0 Å². The molecule has 4 aliphatic rings. The van der Waals surface area contributed by atoms with Crippen LogP contribution in [0.4, 0.5) is 0 Å². The molecule has 0 aliphatic heterocycles. The molecule has 30 heavy (non-hydrogen) atoms. The average Bonchev–Trinajstić information content (AvgIpc) is 3.05. The van der Waals surface area contributed by atoms with E-state index >= 15 is 0 Å². The first-order valence-corrected chi connectivity index (χ1v) is 11.7. The fraction of sp³-hybridized carbons (Fsp3) is 0.800. The number of hydrogen-bond acceptors (Lipinski definition) is 5. The van der Waals surface area contributed by atoms with Crippen molar-refractivity contribution in [2.45, 2.75) is 84.7 Å². The summed E-state index contributed by atoms with van der Waals surface area (Å²) in [6.07, 6.45) is 10.5. The Balaban J connectivity index is 1.53. The maximum absolute atomic E-state index is 12.9. The second kappa shape index (κ2) is 7.80. The number of ether oxygens (including phenoxy) is 2. The van der Waals surface area contributed by atoms with Crippen LogP contribution in [0, 0.1) is 34.5 Å². The molecule has 0 aromatic heterocycles. The molecule has 0 radical (unpaired) electrons. The first-order valence-electron chi connectivity index (χ1n) is 11.7. The SMILES string of the molecule is COC(=O)CC(=O)[C@H]1CC[C@H]2[C@@H]3CC=C4C[C@@H](OC(C)=O)CC[C@]4(C)[C@H]3CC[C@]12C. The number of hydrogen-bond donors (Lipinski definition) is 0. The van der Waals surface area contributed by atoms with Crippen molar-refractivity contribution in [3.63, 3.8) is 0 Å². The van der Waals surface area contributed by atoms with Gasteiger partial charge in [0.25, 0.3) is 0 Å². The van der Waals surface area contributed by atoms with Crippen LogP contribution in [0.3, 0.4) is 0 Å². The lowest BCUT2D eigenvalue weighted by Gasteiger charge is -2.58. The average molecular weight is 417 g/mol. The van der Waals surface area contributed by atoms with Gasteiger partial charge in [-0.3, -0.25) is 14.4 Å². The summed E-state index contributed by atoms with van der Waals surface area (Å²) in [5.41, 5.74) is 1.68. The zero-order chi connectivity index (χ0) is 21.7. The molecule has 7 atom stereocenters.